The highest BCUT2D eigenvalue weighted by Gasteiger charge is 2.39. The van der Waals surface area contributed by atoms with Crippen LogP contribution >= 0.6 is 7.82 Å². The first-order chi connectivity index (χ1) is 30.3. The number of carbonyl (C=O) groups excluding carboxylic acids is 2. The smallest absolute Gasteiger partial charge is 0.472 e. The Labute approximate surface area is 380 Å². The molecule has 14 nitrogen and oxygen atoms in total. The normalized spacial score (nSPS) is 20.1. The number of aliphatic hydroxyl groups excluding tert-OH is 3. The minimum atomic E-state index is -4.77. The number of carboxylic acid groups (broad SMARTS) is 1. The number of phosphoric ester groups is 1. The van der Waals surface area contributed by atoms with Gasteiger partial charge in [0, 0.05) is 25.2 Å². The van der Waals surface area contributed by atoms with E-state index in [0.29, 0.717) is 32.1 Å². The average Bonchev–Trinajstić information content (AvgIpc) is 3.52. The standard InChI is InChI=1S/C48H90NO13P/c1-3-5-7-8-9-10-11-12-13-14-15-16-17-18-19-20-21-22-28-32-47(54)62-40(37-60-63(57,58)61-38-43(49)48(55)56)36-59-46(53)31-27-24-23-26-30-41-42(45(52)35-44(41)51)34-33-39(50)29-25-6-4-2/h33-34,39-45,50-52H,3-32,35-38,49H2,1-2H3,(H,55,56)(H,57,58)/b34-33+/t39-,40+,41+,42+,43-,44-,45+/m0/s1. The van der Waals surface area contributed by atoms with Gasteiger partial charge in [-0.2, -0.15) is 0 Å². The van der Waals surface area contributed by atoms with Gasteiger partial charge in [-0.3, -0.25) is 23.4 Å². The fraction of sp³-hybridized carbons (Fsp3) is 0.896. The van der Waals surface area contributed by atoms with E-state index in [1.165, 1.54) is 96.3 Å². The summed E-state index contributed by atoms with van der Waals surface area (Å²) in [5, 5.41) is 40.3. The Morgan fingerprint density at radius 3 is 1.63 bits per heavy atom. The molecule has 0 bridgehead atoms. The lowest BCUT2D eigenvalue weighted by Gasteiger charge is -2.21. The Bertz CT molecular complexity index is 1240. The van der Waals surface area contributed by atoms with Gasteiger partial charge in [-0.05, 0) is 31.6 Å². The van der Waals surface area contributed by atoms with E-state index in [0.717, 1.165) is 57.8 Å². The molecule has 1 aliphatic carbocycles. The number of hydrogen-bond donors (Lipinski definition) is 6. The number of hydrogen-bond acceptors (Lipinski definition) is 12. The van der Waals surface area contributed by atoms with Crippen molar-refractivity contribution < 1.29 is 62.8 Å². The van der Waals surface area contributed by atoms with E-state index in [9.17, 15) is 39.2 Å². The van der Waals surface area contributed by atoms with E-state index < -0.39 is 76.0 Å². The van der Waals surface area contributed by atoms with E-state index in [-0.39, 0.29) is 24.7 Å². The molecule has 7 N–H and O–H groups in total. The van der Waals surface area contributed by atoms with Crippen LogP contribution in [0.25, 0.3) is 0 Å². The Morgan fingerprint density at radius 2 is 1.11 bits per heavy atom. The second-order valence-electron chi connectivity index (χ2n) is 17.9. The summed E-state index contributed by atoms with van der Waals surface area (Å²) >= 11 is 0. The van der Waals surface area contributed by atoms with E-state index in [4.69, 9.17) is 24.8 Å². The molecule has 0 aromatic rings. The van der Waals surface area contributed by atoms with E-state index in [1.54, 1.807) is 6.08 Å². The predicted molar refractivity (Wildman–Crippen MR) is 247 cm³/mol. The van der Waals surface area contributed by atoms with Gasteiger partial charge in [-0.1, -0.05) is 180 Å². The molecule has 0 aliphatic heterocycles. The summed E-state index contributed by atoms with van der Waals surface area (Å²) in [6.07, 6.45) is 31.9. The maximum Gasteiger partial charge on any atom is 0.472 e. The maximum atomic E-state index is 12.7. The molecule has 370 valence electrons. The summed E-state index contributed by atoms with van der Waals surface area (Å²) in [5.41, 5.74) is 5.35. The zero-order valence-electron chi connectivity index (χ0n) is 39.3. The number of carbonyl (C=O) groups is 3. The van der Waals surface area contributed by atoms with Crippen LogP contribution in [0.3, 0.4) is 0 Å². The number of nitrogens with two attached hydrogens (primary N) is 1. The van der Waals surface area contributed by atoms with E-state index >= 15 is 0 Å². The third kappa shape index (κ3) is 32.4. The van der Waals surface area contributed by atoms with Crippen LogP contribution in [-0.4, -0.2) is 93.5 Å². The predicted octanol–water partition coefficient (Wildman–Crippen LogP) is 10.0. The van der Waals surface area contributed by atoms with Gasteiger partial charge in [0.25, 0.3) is 0 Å². The molecule has 0 saturated heterocycles. The Balaban J connectivity index is 2.38. The minimum absolute atomic E-state index is 0.0988. The summed E-state index contributed by atoms with van der Waals surface area (Å²) in [7, 11) is -4.77. The fourth-order valence-corrected chi connectivity index (χ4v) is 8.94. The Kier molecular flexibility index (Phi) is 35.9. The molecule has 0 aromatic heterocycles. The summed E-state index contributed by atoms with van der Waals surface area (Å²) in [6, 6.07) is -1.55. The van der Waals surface area contributed by atoms with Crippen LogP contribution in [-0.2, 0) is 37.5 Å². The minimum Gasteiger partial charge on any atom is -0.480 e. The summed E-state index contributed by atoms with van der Waals surface area (Å²) in [4.78, 5) is 46.4. The van der Waals surface area contributed by atoms with Crippen LogP contribution in [0, 0.1) is 11.8 Å². The lowest BCUT2D eigenvalue weighted by atomic mass is 9.88. The number of carboxylic acids is 1. The van der Waals surface area contributed by atoms with Gasteiger partial charge in [0.1, 0.15) is 12.6 Å². The third-order valence-corrected chi connectivity index (χ3v) is 13.1. The summed E-state index contributed by atoms with van der Waals surface area (Å²) < 4.78 is 32.8. The molecule has 63 heavy (non-hydrogen) atoms. The highest BCUT2D eigenvalue weighted by Crippen LogP contribution is 2.43. The average molecular weight is 920 g/mol. The van der Waals surface area contributed by atoms with Gasteiger partial charge >= 0.3 is 25.7 Å². The molecule has 15 heteroatoms. The second-order valence-corrected chi connectivity index (χ2v) is 19.4. The molecule has 0 heterocycles. The Hall–Kier alpha value is -1.90. The van der Waals surface area contributed by atoms with E-state index in [2.05, 4.69) is 18.4 Å². The van der Waals surface area contributed by atoms with Crippen molar-refractivity contribution in [3.8, 4) is 0 Å². The zero-order chi connectivity index (χ0) is 46.6. The zero-order valence-corrected chi connectivity index (χ0v) is 40.2. The van der Waals surface area contributed by atoms with Gasteiger partial charge in [0.2, 0.25) is 0 Å². The van der Waals surface area contributed by atoms with Crippen molar-refractivity contribution in [2.24, 2.45) is 17.6 Å². The topological polar surface area (TPSA) is 232 Å². The number of esters is 2. The first kappa shape index (κ1) is 59.1. The SMILES string of the molecule is CCCCCCCCCCCCCCCCCCCCCC(=O)O[C@H](COC(=O)CCCCCC[C@@H]1[C@@H](/C=C/[C@@H](O)CCCCC)[C@H](O)C[C@@H]1O)COP(=O)(O)OC[C@H](N)C(=O)O. The van der Waals surface area contributed by atoms with Crippen LogP contribution in [0.5, 0.6) is 0 Å². The number of aliphatic hydroxyl groups is 3. The highest BCUT2D eigenvalue weighted by molar-refractivity contribution is 7.47. The van der Waals surface area contributed by atoms with Crippen molar-refractivity contribution in [2.75, 3.05) is 19.8 Å². The lowest BCUT2D eigenvalue weighted by molar-refractivity contribution is -0.161. The van der Waals surface area contributed by atoms with Crippen LogP contribution in [0.4, 0.5) is 0 Å². The molecular weight excluding hydrogens is 829 g/mol. The number of ether oxygens (including phenoxy) is 2. The van der Waals surface area contributed by atoms with Crippen LogP contribution in [0.1, 0.15) is 213 Å². The van der Waals surface area contributed by atoms with Crippen molar-refractivity contribution in [2.45, 2.75) is 243 Å². The fourth-order valence-electron chi connectivity index (χ4n) is 8.16. The lowest BCUT2D eigenvalue weighted by Crippen LogP contribution is -2.34. The third-order valence-electron chi connectivity index (χ3n) is 12.1. The molecular formula is C48H90NO13P. The number of aliphatic carboxylic acids is 1. The first-order valence-electron chi connectivity index (χ1n) is 25.0. The van der Waals surface area contributed by atoms with Crippen LogP contribution in [0.15, 0.2) is 12.2 Å². The molecule has 1 fully saturated rings. The molecule has 1 aliphatic rings. The van der Waals surface area contributed by atoms with Gasteiger partial charge in [0.15, 0.2) is 6.10 Å². The summed E-state index contributed by atoms with van der Waals surface area (Å²) in [5.74, 6) is -2.86. The molecule has 1 rings (SSSR count). The van der Waals surface area contributed by atoms with E-state index in [1.807, 2.05) is 6.08 Å². The van der Waals surface area contributed by atoms with Crippen molar-refractivity contribution >= 4 is 25.7 Å². The molecule has 8 atom stereocenters. The van der Waals surface area contributed by atoms with Crippen LogP contribution in [0.2, 0.25) is 0 Å². The second kappa shape index (κ2) is 38.2. The van der Waals surface area contributed by atoms with Gasteiger partial charge in [-0.15, -0.1) is 0 Å². The molecule has 1 saturated carbocycles. The quantitative estimate of drug-likeness (QED) is 0.0145. The highest BCUT2D eigenvalue weighted by atomic mass is 31.2. The van der Waals surface area contributed by atoms with Crippen molar-refractivity contribution in [1.82, 2.24) is 0 Å². The largest absolute Gasteiger partial charge is 0.480 e. The Morgan fingerprint density at radius 1 is 0.651 bits per heavy atom. The summed E-state index contributed by atoms with van der Waals surface area (Å²) in [6.45, 7) is 2.53. The molecule has 0 amide bonds. The molecule has 1 unspecified atom stereocenters. The number of phosphoric acid groups is 1. The monoisotopic (exact) mass is 920 g/mol. The van der Waals surface area contributed by atoms with Crippen LogP contribution < -0.4 is 5.73 Å². The van der Waals surface area contributed by atoms with Crippen molar-refractivity contribution in [3.05, 3.63) is 12.2 Å². The van der Waals surface area contributed by atoms with Crippen molar-refractivity contribution in [1.29, 1.82) is 0 Å². The van der Waals surface area contributed by atoms with Gasteiger partial charge in [0.05, 0.1) is 31.5 Å². The maximum absolute atomic E-state index is 12.7. The van der Waals surface area contributed by atoms with Gasteiger partial charge in [-0.25, -0.2) is 4.57 Å². The number of unbranched alkanes of at least 4 members (excludes halogenated alkanes) is 23. The number of rotatable bonds is 43. The first-order valence-corrected chi connectivity index (χ1v) is 26.5. The molecule has 0 radical (unpaired) electrons. The van der Waals surface area contributed by atoms with Gasteiger partial charge < -0.3 is 40.5 Å². The molecule has 0 aromatic carbocycles. The van der Waals surface area contributed by atoms with Crippen molar-refractivity contribution in [3.63, 3.8) is 0 Å². The molecule has 0 spiro atoms.